The first-order valence-corrected chi connectivity index (χ1v) is 5.45. The van der Waals surface area contributed by atoms with Crippen molar-refractivity contribution in [1.29, 1.82) is 0 Å². The summed E-state index contributed by atoms with van der Waals surface area (Å²) in [5, 5.41) is 0. The van der Waals surface area contributed by atoms with E-state index < -0.39 is 7.75 Å². The summed E-state index contributed by atoms with van der Waals surface area (Å²) >= 11 is 0. The molecule has 0 bridgehead atoms. The van der Waals surface area contributed by atoms with Crippen LogP contribution in [0.15, 0.2) is 4.76 Å². The average Bonchev–Trinajstić information content (AvgIpc) is 1.81. The first-order chi connectivity index (χ1) is 5.89. The summed E-state index contributed by atoms with van der Waals surface area (Å²) in [6, 6.07) is 0. The zero-order valence-electron chi connectivity index (χ0n) is 8.18. The number of hydrogen-bond donors (Lipinski definition) is 0. The largest absolute Gasteiger partial charge is 0.465 e. The molecule has 0 radical (unpaired) electrons. The van der Waals surface area contributed by atoms with Gasteiger partial charge in [-0.05, 0) is 27.7 Å². The van der Waals surface area contributed by atoms with E-state index >= 15 is 0 Å². The Kier molecular flexibility index (Phi) is 5.11. The minimum Gasteiger partial charge on any atom is -0.288 e. The summed E-state index contributed by atoms with van der Waals surface area (Å²) in [6.07, 6.45) is 0.545. The van der Waals surface area contributed by atoms with E-state index in [0.717, 1.165) is 0 Å². The standard InChI is InChI=1S/C7H14NO4P/c1-6(2)11-13(10,8-5-9)12-7(3)4/h6-7H,1-4H3. The van der Waals surface area contributed by atoms with Gasteiger partial charge in [-0.1, -0.05) is 4.76 Å². The molecule has 0 saturated carbocycles. The molecule has 0 aromatic rings. The Balaban J connectivity index is 4.53. The van der Waals surface area contributed by atoms with Gasteiger partial charge < -0.3 is 0 Å². The van der Waals surface area contributed by atoms with Crippen LogP contribution < -0.4 is 0 Å². The summed E-state index contributed by atoms with van der Waals surface area (Å²) in [7, 11) is -3.63. The Labute approximate surface area is 77.7 Å². The third kappa shape index (κ3) is 5.72. The molecule has 0 heterocycles. The molecule has 0 aliphatic carbocycles. The van der Waals surface area contributed by atoms with Crippen molar-refractivity contribution < 1.29 is 18.4 Å². The first-order valence-electron chi connectivity index (χ1n) is 3.96. The monoisotopic (exact) mass is 207 g/mol. The van der Waals surface area contributed by atoms with Gasteiger partial charge in [0.2, 0.25) is 6.08 Å². The molecule has 0 fully saturated rings. The Bertz CT molecular complexity index is 231. The van der Waals surface area contributed by atoms with Crippen LogP contribution in [0.3, 0.4) is 0 Å². The number of rotatable bonds is 5. The van der Waals surface area contributed by atoms with E-state index in [-0.39, 0.29) is 12.2 Å². The molecule has 0 amide bonds. The molecule has 0 aromatic carbocycles. The highest BCUT2D eigenvalue weighted by atomic mass is 31.2. The van der Waals surface area contributed by atoms with E-state index in [1.165, 1.54) is 6.08 Å². The predicted octanol–water partition coefficient (Wildman–Crippen LogP) is 2.28. The van der Waals surface area contributed by atoms with Crippen LogP contribution in [0.4, 0.5) is 0 Å². The molecule has 0 spiro atoms. The molecule has 0 rings (SSSR count). The summed E-state index contributed by atoms with van der Waals surface area (Å²) in [5.41, 5.74) is 0. The Morgan fingerprint density at radius 2 is 1.54 bits per heavy atom. The van der Waals surface area contributed by atoms with E-state index in [0.29, 0.717) is 0 Å². The number of isocyanates is 1. The zero-order chi connectivity index (χ0) is 10.5. The summed E-state index contributed by atoms with van der Waals surface area (Å²) in [4.78, 5) is 9.96. The SMILES string of the molecule is CC(C)OP(=O)(N=C=O)OC(C)C. The smallest absolute Gasteiger partial charge is 0.288 e. The fourth-order valence-corrected chi connectivity index (χ4v) is 1.96. The number of hydrogen-bond acceptors (Lipinski definition) is 4. The minimum absolute atomic E-state index is 0.318. The summed E-state index contributed by atoms with van der Waals surface area (Å²) in [5.74, 6) is 0. The molecule has 0 aromatic heterocycles. The second kappa shape index (κ2) is 5.30. The van der Waals surface area contributed by atoms with Crippen LogP contribution in [0.25, 0.3) is 0 Å². The lowest BCUT2D eigenvalue weighted by Gasteiger charge is -2.16. The van der Waals surface area contributed by atoms with Gasteiger partial charge in [-0.2, -0.15) is 0 Å². The lowest BCUT2D eigenvalue weighted by atomic mass is 10.5. The molecule has 0 saturated heterocycles. The van der Waals surface area contributed by atoms with Gasteiger partial charge in [-0.25, -0.2) is 9.36 Å². The fourth-order valence-electron chi connectivity index (χ4n) is 0.655. The highest BCUT2D eigenvalue weighted by molar-refractivity contribution is 7.52. The minimum atomic E-state index is -3.63. The van der Waals surface area contributed by atoms with E-state index in [1.54, 1.807) is 27.7 Å². The fraction of sp³-hybridized carbons (Fsp3) is 0.857. The Morgan fingerprint density at radius 1 is 1.15 bits per heavy atom. The highest BCUT2D eigenvalue weighted by Crippen LogP contribution is 2.51. The lowest BCUT2D eigenvalue weighted by Crippen LogP contribution is -2.06. The second-order valence-electron chi connectivity index (χ2n) is 2.97. The topological polar surface area (TPSA) is 65.0 Å². The van der Waals surface area contributed by atoms with Crippen LogP contribution in [0.1, 0.15) is 27.7 Å². The van der Waals surface area contributed by atoms with Crippen molar-refractivity contribution in [1.82, 2.24) is 0 Å². The van der Waals surface area contributed by atoms with Gasteiger partial charge >= 0.3 is 7.75 Å². The van der Waals surface area contributed by atoms with E-state index in [1.807, 2.05) is 0 Å². The molecule has 0 unspecified atom stereocenters. The van der Waals surface area contributed by atoms with Crippen LogP contribution in [0.5, 0.6) is 0 Å². The molecule has 0 aliphatic rings. The predicted molar refractivity (Wildman–Crippen MR) is 48.2 cm³/mol. The lowest BCUT2D eigenvalue weighted by molar-refractivity contribution is 0.143. The molecule has 0 atom stereocenters. The van der Waals surface area contributed by atoms with Gasteiger partial charge in [-0.3, -0.25) is 9.05 Å². The normalized spacial score (nSPS) is 11.8. The van der Waals surface area contributed by atoms with Crippen molar-refractivity contribution in [2.75, 3.05) is 0 Å². The molecule has 13 heavy (non-hydrogen) atoms. The second-order valence-corrected chi connectivity index (χ2v) is 4.53. The highest BCUT2D eigenvalue weighted by Gasteiger charge is 2.27. The quantitative estimate of drug-likeness (QED) is 0.394. The zero-order valence-corrected chi connectivity index (χ0v) is 9.08. The molecule has 5 nitrogen and oxygen atoms in total. The van der Waals surface area contributed by atoms with Crippen LogP contribution in [-0.4, -0.2) is 18.3 Å². The summed E-state index contributed by atoms with van der Waals surface area (Å²) < 4.78 is 24.4. The van der Waals surface area contributed by atoms with Crippen molar-refractivity contribution in [3.63, 3.8) is 0 Å². The van der Waals surface area contributed by atoms with Gasteiger partial charge in [0.15, 0.2) is 0 Å². The number of carbonyl (C=O) groups excluding carboxylic acids is 1. The number of nitrogens with zero attached hydrogens (tertiary/aromatic N) is 1. The van der Waals surface area contributed by atoms with Crippen molar-refractivity contribution in [2.24, 2.45) is 4.76 Å². The molecular weight excluding hydrogens is 193 g/mol. The van der Waals surface area contributed by atoms with E-state index in [9.17, 15) is 9.36 Å². The van der Waals surface area contributed by atoms with Gasteiger partial charge in [0.05, 0.1) is 12.2 Å². The van der Waals surface area contributed by atoms with Crippen LogP contribution in [0.2, 0.25) is 0 Å². The van der Waals surface area contributed by atoms with Crippen LogP contribution >= 0.6 is 7.75 Å². The Hall–Kier alpha value is -0.470. The first kappa shape index (κ1) is 12.5. The third-order valence-electron chi connectivity index (χ3n) is 0.851. The van der Waals surface area contributed by atoms with Crippen LogP contribution in [0, 0.1) is 0 Å². The average molecular weight is 207 g/mol. The molecule has 0 N–H and O–H groups in total. The van der Waals surface area contributed by atoms with Crippen molar-refractivity contribution in [3.8, 4) is 0 Å². The third-order valence-corrected chi connectivity index (χ3v) is 2.55. The molecule has 76 valence electrons. The maximum absolute atomic E-state index is 11.6. The molecule has 6 heteroatoms. The Morgan fingerprint density at radius 3 is 1.77 bits per heavy atom. The van der Waals surface area contributed by atoms with Crippen molar-refractivity contribution >= 4 is 13.8 Å². The molecule has 0 aliphatic heterocycles. The molecular formula is C7H14NO4P. The van der Waals surface area contributed by atoms with Crippen LogP contribution in [-0.2, 0) is 18.4 Å². The van der Waals surface area contributed by atoms with Gasteiger partial charge in [0.1, 0.15) is 0 Å². The maximum atomic E-state index is 11.6. The van der Waals surface area contributed by atoms with Crippen molar-refractivity contribution in [3.05, 3.63) is 0 Å². The van der Waals surface area contributed by atoms with Gasteiger partial charge in [0, 0.05) is 0 Å². The maximum Gasteiger partial charge on any atom is 0.465 e. The van der Waals surface area contributed by atoms with E-state index in [2.05, 4.69) is 4.76 Å². The van der Waals surface area contributed by atoms with E-state index in [4.69, 9.17) is 9.05 Å². The van der Waals surface area contributed by atoms with Gasteiger partial charge in [-0.15, -0.1) is 0 Å². The summed E-state index contributed by atoms with van der Waals surface area (Å²) in [6.45, 7) is 6.71. The van der Waals surface area contributed by atoms with Crippen molar-refractivity contribution in [2.45, 2.75) is 39.9 Å². The van der Waals surface area contributed by atoms with Gasteiger partial charge in [0.25, 0.3) is 0 Å².